The van der Waals surface area contributed by atoms with Crippen LogP contribution in [0.4, 0.5) is 13.2 Å². The van der Waals surface area contributed by atoms with E-state index >= 15 is 0 Å². The molecular formula is C8H4Cl2F3NO. The van der Waals surface area contributed by atoms with Crippen molar-refractivity contribution in [2.75, 3.05) is 0 Å². The molecule has 1 aromatic carbocycles. The summed E-state index contributed by atoms with van der Waals surface area (Å²) in [5.41, 5.74) is 3.19. The third-order valence-corrected chi connectivity index (χ3v) is 2.35. The molecule has 1 rings (SSSR count). The highest BCUT2D eigenvalue weighted by Gasteiger charge is 2.37. The zero-order valence-electron chi connectivity index (χ0n) is 7.03. The van der Waals surface area contributed by atoms with E-state index in [1.165, 1.54) is 0 Å². The summed E-state index contributed by atoms with van der Waals surface area (Å²) in [4.78, 5) is 10.7. The van der Waals surface area contributed by atoms with E-state index in [9.17, 15) is 18.0 Å². The lowest BCUT2D eigenvalue weighted by Gasteiger charge is -2.12. The number of benzene rings is 1. The molecule has 1 aromatic rings. The molecule has 0 aliphatic rings. The van der Waals surface area contributed by atoms with E-state index < -0.39 is 33.3 Å². The van der Waals surface area contributed by atoms with Gasteiger partial charge in [0.15, 0.2) is 0 Å². The Kier molecular flexibility index (Phi) is 3.16. The van der Waals surface area contributed by atoms with Crippen LogP contribution in [-0.4, -0.2) is 5.91 Å². The van der Waals surface area contributed by atoms with E-state index in [1.54, 1.807) is 0 Å². The fourth-order valence-corrected chi connectivity index (χ4v) is 1.68. The van der Waals surface area contributed by atoms with Crippen LogP contribution in [0.1, 0.15) is 15.9 Å². The highest BCUT2D eigenvalue weighted by molar-refractivity contribution is 6.38. The Labute approximate surface area is 92.8 Å². The van der Waals surface area contributed by atoms with Crippen molar-refractivity contribution in [1.82, 2.24) is 0 Å². The van der Waals surface area contributed by atoms with Gasteiger partial charge in [-0.3, -0.25) is 4.79 Å². The summed E-state index contributed by atoms with van der Waals surface area (Å²) >= 11 is 10.7. The number of hydrogen-bond acceptors (Lipinski definition) is 1. The number of carbonyl (C=O) groups is 1. The number of hydrogen-bond donors (Lipinski definition) is 1. The van der Waals surface area contributed by atoms with Gasteiger partial charge in [-0.1, -0.05) is 23.2 Å². The van der Waals surface area contributed by atoms with Gasteiger partial charge >= 0.3 is 6.18 Å². The Hall–Kier alpha value is -0.940. The van der Waals surface area contributed by atoms with E-state index in [0.717, 1.165) is 12.1 Å². The van der Waals surface area contributed by atoms with Gasteiger partial charge in [0.05, 0.1) is 21.2 Å². The molecule has 82 valence electrons. The predicted molar refractivity (Wildman–Crippen MR) is 50.0 cm³/mol. The van der Waals surface area contributed by atoms with Gasteiger partial charge < -0.3 is 5.73 Å². The molecule has 0 aliphatic heterocycles. The van der Waals surface area contributed by atoms with Crippen LogP contribution in [0.3, 0.4) is 0 Å². The van der Waals surface area contributed by atoms with Crippen molar-refractivity contribution in [3.8, 4) is 0 Å². The van der Waals surface area contributed by atoms with Gasteiger partial charge in [-0.05, 0) is 12.1 Å². The first-order valence-electron chi connectivity index (χ1n) is 3.60. The molecule has 0 spiro atoms. The summed E-state index contributed by atoms with van der Waals surface area (Å²) < 4.78 is 37.3. The second kappa shape index (κ2) is 3.90. The number of primary amides is 1. The van der Waals surface area contributed by atoms with Gasteiger partial charge in [0, 0.05) is 0 Å². The number of alkyl halides is 3. The minimum Gasteiger partial charge on any atom is -0.366 e. The summed E-state index contributed by atoms with van der Waals surface area (Å²) in [5.74, 6) is -1.04. The van der Waals surface area contributed by atoms with Crippen LogP contribution in [0, 0.1) is 0 Å². The Balaban J connectivity index is 3.51. The maximum Gasteiger partial charge on any atom is 0.419 e. The van der Waals surface area contributed by atoms with E-state index in [2.05, 4.69) is 0 Å². The topological polar surface area (TPSA) is 43.1 Å². The lowest BCUT2D eigenvalue weighted by Crippen LogP contribution is -2.15. The molecule has 0 atom stereocenters. The summed E-state index contributed by atoms with van der Waals surface area (Å²) in [7, 11) is 0. The molecule has 7 heteroatoms. The Morgan fingerprint density at radius 1 is 1.27 bits per heavy atom. The van der Waals surface area contributed by atoms with Crippen molar-refractivity contribution in [3.05, 3.63) is 33.3 Å². The van der Waals surface area contributed by atoms with E-state index in [-0.39, 0.29) is 0 Å². The van der Waals surface area contributed by atoms with E-state index in [4.69, 9.17) is 28.9 Å². The minimum absolute atomic E-state index is 0.409. The molecule has 0 fully saturated rings. The maximum atomic E-state index is 12.4. The first-order valence-corrected chi connectivity index (χ1v) is 4.35. The smallest absolute Gasteiger partial charge is 0.366 e. The molecule has 2 N–H and O–H groups in total. The Bertz CT molecular complexity index is 417. The maximum absolute atomic E-state index is 12.4. The molecule has 2 nitrogen and oxygen atoms in total. The molecule has 0 saturated carbocycles. The van der Waals surface area contributed by atoms with Gasteiger partial charge in [-0.15, -0.1) is 0 Å². The molecular weight excluding hydrogens is 254 g/mol. The van der Waals surface area contributed by atoms with Crippen LogP contribution in [0.2, 0.25) is 10.0 Å². The van der Waals surface area contributed by atoms with Gasteiger partial charge in [0.1, 0.15) is 0 Å². The Morgan fingerprint density at radius 3 is 2.20 bits per heavy atom. The SMILES string of the molecule is NC(=O)c1ccc(Cl)c(C(F)(F)F)c1Cl. The lowest BCUT2D eigenvalue weighted by molar-refractivity contribution is -0.137. The number of nitrogens with two attached hydrogens (primary N) is 1. The first-order chi connectivity index (χ1) is 6.75. The van der Waals surface area contributed by atoms with Crippen molar-refractivity contribution in [2.24, 2.45) is 5.73 Å². The number of amides is 1. The quantitative estimate of drug-likeness (QED) is 0.826. The van der Waals surface area contributed by atoms with E-state index in [1.807, 2.05) is 0 Å². The normalized spacial score (nSPS) is 11.5. The molecule has 0 radical (unpaired) electrons. The molecule has 0 bridgehead atoms. The molecule has 0 heterocycles. The van der Waals surface area contributed by atoms with Crippen LogP contribution in [0.15, 0.2) is 12.1 Å². The molecule has 0 aliphatic carbocycles. The third kappa shape index (κ3) is 2.35. The van der Waals surface area contributed by atoms with Crippen LogP contribution in [0.25, 0.3) is 0 Å². The van der Waals surface area contributed by atoms with Gasteiger partial charge in [-0.2, -0.15) is 13.2 Å². The largest absolute Gasteiger partial charge is 0.419 e. The zero-order chi connectivity index (χ0) is 11.8. The van der Waals surface area contributed by atoms with Gasteiger partial charge in [0.25, 0.3) is 0 Å². The second-order valence-electron chi connectivity index (χ2n) is 2.65. The zero-order valence-corrected chi connectivity index (χ0v) is 8.54. The predicted octanol–water partition coefficient (Wildman–Crippen LogP) is 3.11. The average Bonchev–Trinajstić information content (AvgIpc) is 2.00. The number of carbonyl (C=O) groups excluding carboxylic acids is 1. The molecule has 0 aromatic heterocycles. The van der Waals surface area contributed by atoms with Crippen LogP contribution in [-0.2, 0) is 6.18 Å². The van der Waals surface area contributed by atoms with Crippen molar-refractivity contribution < 1.29 is 18.0 Å². The first kappa shape index (κ1) is 12.1. The van der Waals surface area contributed by atoms with Crippen molar-refractivity contribution in [2.45, 2.75) is 6.18 Å². The second-order valence-corrected chi connectivity index (χ2v) is 3.43. The third-order valence-electron chi connectivity index (χ3n) is 1.64. The monoisotopic (exact) mass is 257 g/mol. The highest BCUT2D eigenvalue weighted by atomic mass is 35.5. The van der Waals surface area contributed by atoms with Crippen LogP contribution >= 0.6 is 23.2 Å². The van der Waals surface area contributed by atoms with Crippen molar-refractivity contribution >= 4 is 29.1 Å². The van der Waals surface area contributed by atoms with Crippen LogP contribution in [0.5, 0.6) is 0 Å². The molecule has 15 heavy (non-hydrogen) atoms. The number of halogens is 5. The fourth-order valence-electron chi connectivity index (χ4n) is 1.00. The number of rotatable bonds is 1. The van der Waals surface area contributed by atoms with Gasteiger partial charge in [-0.25, -0.2) is 0 Å². The van der Waals surface area contributed by atoms with Crippen LogP contribution < -0.4 is 5.73 Å². The van der Waals surface area contributed by atoms with E-state index in [0.29, 0.717) is 0 Å². The Morgan fingerprint density at radius 2 is 1.80 bits per heavy atom. The standard InChI is InChI=1S/C8H4Cl2F3NO/c9-4-2-1-3(7(14)15)6(10)5(4)8(11,12)13/h1-2H,(H2,14,15). The summed E-state index contributed by atoms with van der Waals surface area (Å²) in [5, 5.41) is -1.35. The summed E-state index contributed by atoms with van der Waals surface area (Å²) in [6.07, 6.45) is -4.72. The summed E-state index contributed by atoms with van der Waals surface area (Å²) in [6, 6.07) is 1.97. The molecule has 0 unspecified atom stereocenters. The average molecular weight is 258 g/mol. The van der Waals surface area contributed by atoms with Crippen molar-refractivity contribution in [1.29, 1.82) is 0 Å². The van der Waals surface area contributed by atoms with Gasteiger partial charge in [0.2, 0.25) is 5.91 Å². The minimum atomic E-state index is -4.72. The molecule has 1 amide bonds. The molecule has 0 saturated heterocycles. The van der Waals surface area contributed by atoms with Crippen molar-refractivity contribution in [3.63, 3.8) is 0 Å². The fraction of sp³-hybridized carbons (Fsp3) is 0.125. The summed E-state index contributed by atoms with van der Waals surface area (Å²) in [6.45, 7) is 0. The highest BCUT2D eigenvalue weighted by Crippen LogP contribution is 2.40. The lowest BCUT2D eigenvalue weighted by atomic mass is 10.1.